The van der Waals surface area contributed by atoms with Gasteiger partial charge in [-0.3, -0.25) is 0 Å². The van der Waals surface area contributed by atoms with Crippen LogP contribution in [0.3, 0.4) is 0 Å². The van der Waals surface area contributed by atoms with Gasteiger partial charge in [-0.2, -0.15) is 0 Å². The summed E-state index contributed by atoms with van der Waals surface area (Å²) in [7, 11) is 0. The smallest absolute Gasteiger partial charge is 0.0449 e. The Morgan fingerprint density at radius 3 is 2.16 bits per heavy atom. The van der Waals surface area contributed by atoms with Crippen LogP contribution in [0.15, 0.2) is 53.9 Å². The van der Waals surface area contributed by atoms with Crippen molar-refractivity contribution in [1.82, 2.24) is 0 Å². The van der Waals surface area contributed by atoms with Crippen LogP contribution in [-0.2, 0) is 0 Å². The first-order chi connectivity index (χ1) is 9.24. The summed E-state index contributed by atoms with van der Waals surface area (Å²) in [4.78, 5) is 4.06. The van der Waals surface area contributed by atoms with E-state index in [1.165, 1.54) is 25.8 Å². The highest BCUT2D eigenvalue weighted by Gasteiger charge is 2.06. The SMILES string of the molecule is CC(C)c1ccc(-c2ccc(-c3cccs3)s2)cc1. The fourth-order valence-electron chi connectivity index (χ4n) is 2.08. The van der Waals surface area contributed by atoms with Crippen molar-refractivity contribution in [3.05, 3.63) is 59.5 Å². The molecule has 0 saturated heterocycles. The molecule has 3 aromatic rings. The Morgan fingerprint density at radius 2 is 1.53 bits per heavy atom. The molecule has 0 nitrogen and oxygen atoms in total. The molecule has 0 aliphatic rings. The summed E-state index contributed by atoms with van der Waals surface area (Å²) < 4.78 is 0. The average molecular weight is 284 g/mol. The van der Waals surface area contributed by atoms with Gasteiger partial charge in [-0.15, -0.1) is 22.7 Å². The average Bonchev–Trinajstić information content (AvgIpc) is 3.10. The molecule has 0 unspecified atom stereocenters. The van der Waals surface area contributed by atoms with Gasteiger partial charge in [0.2, 0.25) is 0 Å². The van der Waals surface area contributed by atoms with E-state index >= 15 is 0 Å². The number of hydrogen-bond donors (Lipinski definition) is 0. The molecule has 2 heterocycles. The van der Waals surface area contributed by atoms with Gasteiger partial charge < -0.3 is 0 Å². The Hall–Kier alpha value is -1.38. The fraction of sp³-hybridized carbons (Fsp3) is 0.176. The third-order valence-electron chi connectivity index (χ3n) is 3.23. The Kier molecular flexibility index (Phi) is 3.54. The lowest BCUT2D eigenvalue weighted by molar-refractivity contribution is 0.867. The van der Waals surface area contributed by atoms with Gasteiger partial charge in [0.1, 0.15) is 0 Å². The second-order valence-corrected chi connectivity index (χ2v) is 6.95. The Labute approximate surface area is 122 Å². The van der Waals surface area contributed by atoms with E-state index in [4.69, 9.17) is 0 Å². The largest absolute Gasteiger partial charge is 0.143 e. The van der Waals surface area contributed by atoms with Gasteiger partial charge in [0.25, 0.3) is 0 Å². The lowest BCUT2D eigenvalue weighted by Gasteiger charge is -2.05. The minimum absolute atomic E-state index is 0.596. The van der Waals surface area contributed by atoms with Crippen LogP contribution in [0.4, 0.5) is 0 Å². The summed E-state index contributed by atoms with van der Waals surface area (Å²) in [6, 6.07) is 17.7. The van der Waals surface area contributed by atoms with Crippen molar-refractivity contribution in [2.45, 2.75) is 19.8 Å². The summed E-state index contributed by atoms with van der Waals surface area (Å²) in [5.41, 5.74) is 2.72. The van der Waals surface area contributed by atoms with Crippen LogP contribution >= 0.6 is 22.7 Å². The Morgan fingerprint density at radius 1 is 0.789 bits per heavy atom. The summed E-state index contributed by atoms with van der Waals surface area (Å²) >= 11 is 3.67. The van der Waals surface area contributed by atoms with Gasteiger partial charge in [0, 0.05) is 14.6 Å². The van der Waals surface area contributed by atoms with E-state index in [0.717, 1.165) is 0 Å². The second-order valence-electron chi connectivity index (χ2n) is 4.92. The summed E-state index contributed by atoms with van der Waals surface area (Å²) in [6.45, 7) is 4.46. The topological polar surface area (TPSA) is 0 Å². The first-order valence-electron chi connectivity index (χ1n) is 6.48. The Bertz CT molecular complexity index is 643. The van der Waals surface area contributed by atoms with Crippen molar-refractivity contribution in [3.8, 4) is 20.2 Å². The molecule has 0 saturated carbocycles. The molecule has 0 bridgehead atoms. The standard InChI is InChI=1S/C17H16S2/c1-12(2)13-5-7-14(8-6-13)15-9-10-17(19-15)16-4-3-11-18-16/h3-12H,1-2H3. The zero-order valence-electron chi connectivity index (χ0n) is 11.1. The van der Waals surface area contributed by atoms with Gasteiger partial charge >= 0.3 is 0 Å². The van der Waals surface area contributed by atoms with Crippen LogP contribution in [-0.4, -0.2) is 0 Å². The van der Waals surface area contributed by atoms with Gasteiger partial charge in [-0.1, -0.05) is 44.2 Å². The van der Waals surface area contributed by atoms with Crippen molar-refractivity contribution < 1.29 is 0 Å². The van der Waals surface area contributed by atoms with E-state index in [9.17, 15) is 0 Å². The molecule has 0 fully saturated rings. The van der Waals surface area contributed by atoms with E-state index in [-0.39, 0.29) is 0 Å². The van der Waals surface area contributed by atoms with Crippen LogP contribution < -0.4 is 0 Å². The van der Waals surface area contributed by atoms with Gasteiger partial charge in [0.05, 0.1) is 0 Å². The van der Waals surface area contributed by atoms with Crippen LogP contribution in [0.5, 0.6) is 0 Å². The van der Waals surface area contributed by atoms with Crippen molar-refractivity contribution >= 4 is 22.7 Å². The molecule has 1 aromatic carbocycles. The first-order valence-corrected chi connectivity index (χ1v) is 8.17. The molecule has 19 heavy (non-hydrogen) atoms. The van der Waals surface area contributed by atoms with Crippen LogP contribution in [0.25, 0.3) is 20.2 Å². The van der Waals surface area contributed by atoms with E-state index in [1.807, 2.05) is 11.3 Å². The monoisotopic (exact) mass is 284 g/mol. The van der Waals surface area contributed by atoms with Gasteiger partial charge in [-0.05, 0) is 40.6 Å². The summed E-state index contributed by atoms with van der Waals surface area (Å²) in [5, 5.41) is 2.13. The van der Waals surface area contributed by atoms with Gasteiger partial charge in [-0.25, -0.2) is 0 Å². The number of benzene rings is 1. The quantitative estimate of drug-likeness (QED) is 0.532. The normalized spacial score (nSPS) is 11.1. The molecule has 2 heteroatoms. The lowest BCUT2D eigenvalue weighted by atomic mass is 10.0. The maximum Gasteiger partial charge on any atom is 0.0449 e. The number of rotatable bonds is 3. The molecule has 0 amide bonds. The molecule has 0 atom stereocenters. The third-order valence-corrected chi connectivity index (χ3v) is 5.43. The second kappa shape index (κ2) is 5.32. The number of thiophene rings is 2. The molecule has 0 radical (unpaired) electrons. The third kappa shape index (κ3) is 2.65. The minimum Gasteiger partial charge on any atom is -0.143 e. The van der Waals surface area contributed by atoms with Crippen molar-refractivity contribution in [2.24, 2.45) is 0 Å². The predicted molar refractivity (Wildman–Crippen MR) is 87.2 cm³/mol. The maximum atomic E-state index is 2.24. The summed E-state index contributed by atoms with van der Waals surface area (Å²) in [5.74, 6) is 0.596. The van der Waals surface area contributed by atoms with Gasteiger partial charge in [0.15, 0.2) is 0 Å². The maximum absolute atomic E-state index is 2.24. The van der Waals surface area contributed by atoms with Crippen molar-refractivity contribution in [2.75, 3.05) is 0 Å². The summed E-state index contributed by atoms with van der Waals surface area (Å²) in [6.07, 6.45) is 0. The highest BCUT2D eigenvalue weighted by Crippen LogP contribution is 2.36. The first kappa shape index (κ1) is 12.6. The molecular formula is C17H16S2. The minimum atomic E-state index is 0.596. The van der Waals surface area contributed by atoms with E-state index in [0.29, 0.717) is 5.92 Å². The highest BCUT2D eigenvalue weighted by molar-refractivity contribution is 7.23. The predicted octanol–water partition coefficient (Wildman–Crippen LogP) is 6.27. The molecule has 2 aromatic heterocycles. The molecule has 0 aliphatic heterocycles. The molecule has 0 N–H and O–H groups in total. The van der Waals surface area contributed by atoms with E-state index in [2.05, 4.69) is 67.8 Å². The molecular weight excluding hydrogens is 268 g/mol. The lowest BCUT2D eigenvalue weighted by Crippen LogP contribution is -1.85. The number of hydrogen-bond acceptors (Lipinski definition) is 2. The molecule has 3 rings (SSSR count). The zero-order valence-corrected chi connectivity index (χ0v) is 12.7. The van der Waals surface area contributed by atoms with E-state index < -0.39 is 0 Å². The highest BCUT2D eigenvalue weighted by atomic mass is 32.1. The van der Waals surface area contributed by atoms with E-state index in [1.54, 1.807) is 11.3 Å². The van der Waals surface area contributed by atoms with Crippen LogP contribution in [0.2, 0.25) is 0 Å². The van der Waals surface area contributed by atoms with Crippen molar-refractivity contribution in [3.63, 3.8) is 0 Å². The zero-order chi connectivity index (χ0) is 13.2. The fourth-order valence-corrected chi connectivity index (χ4v) is 3.92. The molecule has 0 spiro atoms. The van der Waals surface area contributed by atoms with Crippen LogP contribution in [0.1, 0.15) is 25.3 Å². The Balaban J connectivity index is 1.90. The van der Waals surface area contributed by atoms with Crippen molar-refractivity contribution in [1.29, 1.82) is 0 Å². The van der Waals surface area contributed by atoms with Crippen LogP contribution in [0, 0.1) is 0 Å². The molecule has 0 aliphatic carbocycles. The molecule has 96 valence electrons.